The molecule has 0 atom stereocenters. The number of amides is 1. The van der Waals surface area contributed by atoms with Crippen LogP contribution in [0.5, 0.6) is 0 Å². The molecule has 22 heavy (non-hydrogen) atoms. The van der Waals surface area contributed by atoms with Crippen molar-refractivity contribution < 1.29 is 9.53 Å². The molecular weight excluding hydrogens is 395 g/mol. The molecule has 0 fully saturated rings. The van der Waals surface area contributed by atoms with Gasteiger partial charge < -0.3 is 20.7 Å². The van der Waals surface area contributed by atoms with Gasteiger partial charge in [-0.2, -0.15) is 0 Å². The van der Waals surface area contributed by atoms with E-state index in [1.54, 1.807) is 20.2 Å². The van der Waals surface area contributed by atoms with Crippen molar-refractivity contribution in [3.63, 3.8) is 0 Å². The zero-order chi connectivity index (χ0) is 15.5. The van der Waals surface area contributed by atoms with E-state index in [1.807, 2.05) is 25.1 Å². The first-order valence-electron chi connectivity index (χ1n) is 7.03. The van der Waals surface area contributed by atoms with Crippen LogP contribution >= 0.6 is 24.0 Å². The summed E-state index contributed by atoms with van der Waals surface area (Å²) in [5.41, 5.74) is 1.63. The molecule has 1 rings (SSSR count). The number of nitrogens with zero attached hydrogens (tertiary/aromatic N) is 1. The average Bonchev–Trinajstić information content (AvgIpc) is 2.52. The van der Waals surface area contributed by atoms with Gasteiger partial charge in [-0.3, -0.25) is 4.79 Å². The topological polar surface area (TPSA) is 74.8 Å². The van der Waals surface area contributed by atoms with Crippen LogP contribution < -0.4 is 16.0 Å². The molecule has 3 N–H and O–H groups in total. The smallest absolute Gasteiger partial charge is 0.251 e. The average molecular weight is 420 g/mol. The first-order chi connectivity index (χ1) is 10.2. The van der Waals surface area contributed by atoms with Gasteiger partial charge in [0.05, 0.1) is 13.2 Å². The summed E-state index contributed by atoms with van der Waals surface area (Å²) >= 11 is 0. The maximum Gasteiger partial charge on any atom is 0.251 e. The van der Waals surface area contributed by atoms with E-state index < -0.39 is 0 Å². The highest BCUT2D eigenvalue weighted by Gasteiger charge is 2.03. The lowest BCUT2D eigenvalue weighted by Crippen LogP contribution is -2.38. The van der Waals surface area contributed by atoms with E-state index in [0.717, 1.165) is 18.1 Å². The summed E-state index contributed by atoms with van der Waals surface area (Å²) in [5.74, 6) is 0.644. The molecule has 0 saturated heterocycles. The SMILES string of the molecule is CCNC(=NCc1cccc(C(=O)NC)c1)NCCOC.I. The molecule has 1 aromatic carbocycles. The Bertz CT molecular complexity index is 480. The van der Waals surface area contributed by atoms with Crippen LogP contribution in [-0.2, 0) is 11.3 Å². The number of hydrogen-bond donors (Lipinski definition) is 3. The monoisotopic (exact) mass is 420 g/mol. The van der Waals surface area contributed by atoms with Crippen LogP contribution in [0.3, 0.4) is 0 Å². The lowest BCUT2D eigenvalue weighted by Gasteiger charge is -2.11. The second-order valence-corrected chi connectivity index (χ2v) is 4.39. The maximum atomic E-state index is 11.6. The second-order valence-electron chi connectivity index (χ2n) is 4.39. The Kier molecular flexibility index (Phi) is 11.5. The summed E-state index contributed by atoms with van der Waals surface area (Å²) in [5, 5.41) is 8.95. The molecule has 0 aliphatic rings. The summed E-state index contributed by atoms with van der Waals surface area (Å²) in [6.07, 6.45) is 0. The molecule has 0 bridgehead atoms. The Morgan fingerprint density at radius 3 is 2.73 bits per heavy atom. The molecule has 0 aliphatic heterocycles. The number of ether oxygens (including phenoxy) is 1. The lowest BCUT2D eigenvalue weighted by atomic mass is 10.1. The third-order valence-corrected chi connectivity index (χ3v) is 2.78. The zero-order valence-electron chi connectivity index (χ0n) is 13.3. The van der Waals surface area contributed by atoms with Crippen molar-refractivity contribution in [2.24, 2.45) is 4.99 Å². The van der Waals surface area contributed by atoms with Crippen LogP contribution in [0.2, 0.25) is 0 Å². The summed E-state index contributed by atoms with van der Waals surface area (Å²) < 4.78 is 5.00. The van der Waals surface area contributed by atoms with Crippen LogP contribution in [0.15, 0.2) is 29.3 Å². The van der Waals surface area contributed by atoms with Gasteiger partial charge >= 0.3 is 0 Å². The summed E-state index contributed by atoms with van der Waals surface area (Å²) in [7, 11) is 3.28. The second kappa shape index (κ2) is 12.2. The van der Waals surface area contributed by atoms with Gasteiger partial charge in [0, 0.05) is 32.8 Å². The number of carbonyl (C=O) groups excluding carboxylic acids is 1. The highest BCUT2D eigenvalue weighted by Crippen LogP contribution is 2.06. The summed E-state index contributed by atoms with van der Waals surface area (Å²) in [6.45, 7) is 4.63. The Morgan fingerprint density at radius 2 is 2.09 bits per heavy atom. The van der Waals surface area contributed by atoms with Gasteiger partial charge in [0.1, 0.15) is 0 Å². The highest BCUT2D eigenvalue weighted by atomic mass is 127. The van der Waals surface area contributed by atoms with E-state index in [-0.39, 0.29) is 29.9 Å². The van der Waals surface area contributed by atoms with Crippen LogP contribution in [0.4, 0.5) is 0 Å². The molecule has 0 aliphatic carbocycles. The number of rotatable bonds is 7. The van der Waals surface area contributed by atoms with Gasteiger partial charge in [-0.05, 0) is 24.6 Å². The largest absolute Gasteiger partial charge is 0.383 e. The molecule has 0 unspecified atom stereocenters. The minimum atomic E-state index is -0.0917. The minimum absolute atomic E-state index is 0. The standard InChI is InChI=1S/C15H24N4O2.HI/c1-4-17-15(18-8-9-21-3)19-11-12-6-5-7-13(10-12)14(20)16-2;/h5-7,10H,4,8-9,11H2,1-3H3,(H,16,20)(H2,17,18,19);1H. The molecule has 0 radical (unpaired) electrons. The molecule has 7 heteroatoms. The van der Waals surface area contributed by atoms with E-state index >= 15 is 0 Å². The van der Waals surface area contributed by atoms with Gasteiger partial charge in [0.15, 0.2) is 5.96 Å². The number of halogens is 1. The van der Waals surface area contributed by atoms with E-state index in [4.69, 9.17) is 4.74 Å². The van der Waals surface area contributed by atoms with E-state index in [2.05, 4.69) is 20.9 Å². The van der Waals surface area contributed by atoms with Gasteiger partial charge in [-0.15, -0.1) is 24.0 Å². The van der Waals surface area contributed by atoms with Crippen LogP contribution in [0.25, 0.3) is 0 Å². The summed E-state index contributed by atoms with van der Waals surface area (Å²) in [6, 6.07) is 7.45. The van der Waals surface area contributed by atoms with Crippen LogP contribution in [0.1, 0.15) is 22.8 Å². The molecule has 0 saturated carbocycles. The zero-order valence-corrected chi connectivity index (χ0v) is 15.6. The normalized spacial score (nSPS) is 10.6. The van der Waals surface area contributed by atoms with E-state index in [9.17, 15) is 4.79 Å². The first-order valence-corrected chi connectivity index (χ1v) is 7.03. The third kappa shape index (κ3) is 7.60. The Morgan fingerprint density at radius 1 is 1.32 bits per heavy atom. The number of guanidine groups is 1. The molecular formula is C15H25IN4O2. The predicted molar refractivity (Wildman–Crippen MR) is 99.9 cm³/mol. The van der Waals surface area contributed by atoms with Crippen molar-refractivity contribution >= 4 is 35.8 Å². The van der Waals surface area contributed by atoms with Gasteiger partial charge in [0.25, 0.3) is 5.91 Å². The van der Waals surface area contributed by atoms with E-state index in [1.165, 1.54) is 0 Å². The maximum absolute atomic E-state index is 11.6. The van der Waals surface area contributed by atoms with Crippen molar-refractivity contribution in [2.45, 2.75) is 13.5 Å². The number of hydrogen-bond acceptors (Lipinski definition) is 3. The Balaban J connectivity index is 0.00000441. The van der Waals surface area contributed by atoms with Gasteiger partial charge in [0.2, 0.25) is 0 Å². The fraction of sp³-hybridized carbons (Fsp3) is 0.467. The molecule has 0 spiro atoms. The van der Waals surface area contributed by atoms with Gasteiger partial charge in [-0.25, -0.2) is 4.99 Å². The predicted octanol–water partition coefficient (Wildman–Crippen LogP) is 1.37. The molecule has 0 heterocycles. The minimum Gasteiger partial charge on any atom is -0.383 e. The van der Waals surface area contributed by atoms with Crippen molar-refractivity contribution in [3.05, 3.63) is 35.4 Å². The lowest BCUT2D eigenvalue weighted by molar-refractivity contribution is 0.0963. The molecule has 0 aromatic heterocycles. The van der Waals surface area contributed by atoms with Crippen molar-refractivity contribution in [1.82, 2.24) is 16.0 Å². The molecule has 1 amide bonds. The number of nitrogens with one attached hydrogen (secondary N) is 3. The molecule has 1 aromatic rings. The van der Waals surface area contributed by atoms with Gasteiger partial charge in [-0.1, -0.05) is 12.1 Å². The number of benzene rings is 1. The highest BCUT2D eigenvalue weighted by molar-refractivity contribution is 14.0. The van der Waals surface area contributed by atoms with E-state index in [0.29, 0.717) is 25.3 Å². The van der Waals surface area contributed by atoms with Crippen LogP contribution in [-0.4, -0.2) is 45.7 Å². The number of carbonyl (C=O) groups is 1. The summed E-state index contributed by atoms with van der Waals surface area (Å²) in [4.78, 5) is 16.1. The van der Waals surface area contributed by atoms with Crippen molar-refractivity contribution in [1.29, 1.82) is 0 Å². The van der Waals surface area contributed by atoms with Crippen molar-refractivity contribution in [3.8, 4) is 0 Å². The number of methoxy groups -OCH3 is 1. The quantitative estimate of drug-likeness (QED) is 0.270. The Labute approximate surface area is 149 Å². The first kappa shape index (κ1) is 20.6. The fourth-order valence-electron chi connectivity index (χ4n) is 1.74. The van der Waals surface area contributed by atoms with Crippen molar-refractivity contribution in [2.75, 3.05) is 33.9 Å². The third-order valence-electron chi connectivity index (χ3n) is 2.78. The number of aliphatic imine (C=N–C) groups is 1. The molecule has 124 valence electrons. The Hall–Kier alpha value is -1.35. The molecule has 6 nitrogen and oxygen atoms in total. The fourth-order valence-corrected chi connectivity index (χ4v) is 1.74. The van der Waals surface area contributed by atoms with Crippen LogP contribution in [0, 0.1) is 0 Å².